The fourth-order valence-corrected chi connectivity index (χ4v) is 6.05. The maximum Gasteiger partial charge on any atom is 0.0468 e. The van der Waals surface area contributed by atoms with Gasteiger partial charge in [-0.3, -0.25) is 0 Å². The fourth-order valence-electron chi connectivity index (χ4n) is 6.05. The Morgan fingerprint density at radius 2 is 1.05 bits per heavy atom. The van der Waals surface area contributed by atoms with Crippen molar-refractivity contribution in [2.24, 2.45) is 5.92 Å². The van der Waals surface area contributed by atoms with Crippen molar-refractivity contribution in [1.82, 2.24) is 0 Å². The molecule has 6 aromatic carbocycles. The lowest BCUT2D eigenvalue weighted by Gasteiger charge is -2.27. The Morgan fingerprint density at radius 1 is 0.455 bits per heavy atom. The highest BCUT2D eigenvalue weighted by molar-refractivity contribution is 5.90. The minimum absolute atomic E-state index is 0.606. The Bertz CT molecular complexity index is 1920. The number of anilines is 3. The van der Waals surface area contributed by atoms with Crippen LogP contribution in [0.25, 0.3) is 39.0 Å². The first-order valence-corrected chi connectivity index (χ1v) is 15.4. The van der Waals surface area contributed by atoms with Crippen LogP contribution < -0.4 is 4.90 Å². The SMILES string of the molecule is CC1C=CC(c2ccc(N(c3ccccc3)c3ccc(-c4cccc(-c5ccccc5)c4)c(-c4ccccc4)c3)cc2)=CC1. The second-order valence-corrected chi connectivity index (χ2v) is 11.5. The molecule has 44 heavy (non-hydrogen) atoms. The molecule has 212 valence electrons. The summed E-state index contributed by atoms with van der Waals surface area (Å²) < 4.78 is 0. The van der Waals surface area contributed by atoms with E-state index in [1.807, 2.05) is 0 Å². The van der Waals surface area contributed by atoms with Gasteiger partial charge in [0.1, 0.15) is 0 Å². The van der Waals surface area contributed by atoms with Crippen LogP contribution in [0, 0.1) is 5.92 Å². The molecule has 0 N–H and O–H groups in total. The quantitative estimate of drug-likeness (QED) is 0.186. The van der Waals surface area contributed by atoms with Crippen molar-refractivity contribution in [3.63, 3.8) is 0 Å². The van der Waals surface area contributed by atoms with Gasteiger partial charge in [-0.05, 0) is 99.3 Å². The Labute approximate surface area is 261 Å². The molecule has 7 rings (SSSR count). The second-order valence-electron chi connectivity index (χ2n) is 11.5. The molecule has 1 nitrogen and oxygen atoms in total. The summed E-state index contributed by atoms with van der Waals surface area (Å²) >= 11 is 0. The smallest absolute Gasteiger partial charge is 0.0468 e. The van der Waals surface area contributed by atoms with Gasteiger partial charge in [0.15, 0.2) is 0 Å². The summed E-state index contributed by atoms with van der Waals surface area (Å²) in [6.45, 7) is 2.26. The molecule has 0 fully saturated rings. The molecule has 0 saturated heterocycles. The van der Waals surface area contributed by atoms with Gasteiger partial charge in [0, 0.05) is 17.1 Å². The van der Waals surface area contributed by atoms with Crippen LogP contribution in [-0.4, -0.2) is 0 Å². The molecule has 1 heteroatoms. The number of rotatable bonds is 7. The number of nitrogens with zero attached hydrogens (tertiary/aromatic N) is 1. The third-order valence-electron chi connectivity index (χ3n) is 8.41. The summed E-state index contributed by atoms with van der Waals surface area (Å²) in [5, 5.41) is 0. The van der Waals surface area contributed by atoms with E-state index in [0.29, 0.717) is 5.92 Å². The van der Waals surface area contributed by atoms with E-state index in [2.05, 4.69) is 188 Å². The third kappa shape index (κ3) is 5.78. The number of hydrogen-bond acceptors (Lipinski definition) is 1. The Kier molecular flexibility index (Phi) is 7.76. The van der Waals surface area contributed by atoms with Crippen molar-refractivity contribution in [2.75, 3.05) is 4.90 Å². The van der Waals surface area contributed by atoms with Gasteiger partial charge in [-0.2, -0.15) is 0 Å². The zero-order valence-electron chi connectivity index (χ0n) is 25.0. The lowest BCUT2D eigenvalue weighted by molar-refractivity contribution is 0.739. The summed E-state index contributed by atoms with van der Waals surface area (Å²) in [5.41, 5.74) is 13.2. The van der Waals surface area contributed by atoms with Crippen LogP contribution in [0.2, 0.25) is 0 Å². The van der Waals surface area contributed by atoms with Crippen molar-refractivity contribution in [3.05, 3.63) is 182 Å². The average molecular weight is 566 g/mol. The molecule has 0 amide bonds. The molecule has 1 unspecified atom stereocenters. The van der Waals surface area contributed by atoms with Crippen LogP contribution >= 0.6 is 0 Å². The Balaban J connectivity index is 1.34. The maximum absolute atomic E-state index is 2.35. The predicted molar refractivity (Wildman–Crippen MR) is 188 cm³/mol. The summed E-state index contributed by atoms with van der Waals surface area (Å²) in [6, 6.07) is 56.7. The zero-order chi connectivity index (χ0) is 29.7. The van der Waals surface area contributed by atoms with E-state index < -0.39 is 0 Å². The molecule has 0 aliphatic heterocycles. The predicted octanol–water partition coefficient (Wildman–Crippen LogP) is 12.1. The molecular weight excluding hydrogens is 530 g/mol. The molecule has 1 aliphatic carbocycles. The summed E-state index contributed by atoms with van der Waals surface area (Å²) in [6.07, 6.45) is 8.01. The molecule has 0 saturated carbocycles. The van der Waals surface area contributed by atoms with Gasteiger partial charge in [0.25, 0.3) is 0 Å². The lowest BCUT2D eigenvalue weighted by Crippen LogP contribution is -2.10. The Hall–Kier alpha value is -5.40. The summed E-state index contributed by atoms with van der Waals surface area (Å²) in [7, 11) is 0. The first-order valence-electron chi connectivity index (χ1n) is 15.4. The fraction of sp³-hybridized carbons (Fsp3) is 0.0698. The van der Waals surface area contributed by atoms with Gasteiger partial charge < -0.3 is 4.90 Å². The number of allylic oxidation sites excluding steroid dienone is 4. The van der Waals surface area contributed by atoms with E-state index >= 15 is 0 Å². The maximum atomic E-state index is 2.35. The van der Waals surface area contributed by atoms with Gasteiger partial charge in [-0.1, -0.05) is 140 Å². The number of para-hydroxylation sites is 1. The number of benzene rings is 6. The second kappa shape index (κ2) is 12.5. The van der Waals surface area contributed by atoms with Gasteiger partial charge >= 0.3 is 0 Å². The third-order valence-corrected chi connectivity index (χ3v) is 8.41. The minimum atomic E-state index is 0.606. The summed E-state index contributed by atoms with van der Waals surface area (Å²) in [4.78, 5) is 2.35. The van der Waals surface area contributed by atoms with Crippen LogP contribution in [0.15, 0.2) is 176 Å². The van der Waals surface area contributed by atoms with E-state index in [4.69, 9.17) is 0 Å². The number of hydrogen-bond donors (Lipinski definition) is 0. The van der Waals surface area contributed by atoms with Crippen molar-refractivity contribution in [3.8, 4) is 33.4 Å². The summed E-state index contributed by atoms with van der Waals surface area (Å²) in [5.74, 6) is 0.606. The minimum Gasteiger partial charge on any atom is -0.310 e. The van der Waals surface area contributed by atoms with Gasteiger partial charge in [0.2, 0.25) is 0 Å². The van der Waals surface area contributed by atoms with Gasteiger partial charge in [-0.15, -0.1) is 0 Å². The van der Waals surface area contributed by atoms with Crippen molar-refractivity contribution in [1.29, 1.82) is 0 Å². The molecule has 0 bridgehead atoms. The van der Waals surface area contributed by atoms with Crippen LogP contribution in [0.4, 0.5) is 17.1 Å². The van der Waals surface area contributed by atoms with E-state index in [1.54, 1.807) is 0 Å². The standard InChI is InChI=1S/C43H35N/c1-32-20-22-34(23-21-32)35-24-26-40(27-25-35)44(39-18-9-4-10-19-39)41-28-29-42(43(31-41)36-14-7-3-8-15-36)38-17-11-16-37(30-38)33-12-5-2-6-13-33/h2-20,22-32H,21H2,1H3. The van der Waals surface area contributed by atoms with Gasteiger partial charge in [0.05, 0.1) is 0 Å². The Morgan fingerprint density at radius 3 is 1.73 bits per heavy atom. The van der Waals surface area contributed by atoms with Crippen LogP contribution in [0.3, 0.4) is 0 Å². The molecular formula is C43H35N. The average Bonchev–Trinajstić information content (AvgIpc) is 3.10. The molecule has 1 aliphatic rings. The zero-order valence-corrected chi connectivity index (χ0v) is 25.0. The van der Waals surface area contributed by atoms with E-state index in [1.165, 1.54) is 44.5 Å². The van der Waals surface area contributed by atoms with Crippen molar-refractivity contribution < 1.29 is 0 Å². The normalized spacial score (nSPS) is 14.2. The largest absolute Gasteiger partial charge is 0.310 e. The highest BCUT2D eigenvalue weighted by Crippen LogP contribution is 2.41. The molecule has 1 atom stereocenters. The van der Waals surface area contributed by atoms with E-state index in [9.17, 15) is 0 Å². The molecule has 0 radical (unpaired) electrons. The van der Waals surface area contributed by atoms with E-state index in [0.717, 1.165) is 23.5 Å². The van der Waals surface area contributed by atoms with Crippen LogP contribution in [-0.2, 0) is 0 Å². The molecule has 0 heterocycles. The van der Waals surface area contributed by atoms with Crippen LogP contribution in [0.1, 0.15) is 18.9 Å². The van der Waals surface area contributed by atoms with Crippen molar-refractivity contribution >= 4 is 22.6 Å². The molecule has 0 aromatic heterocycles. The highest BCUT2D eigenvalue weighted by Gasteiger charge is 2.17. The molecule has 0 spiro atoms. The molecule has 6 aromatic rings. The first-order chi connectivity index (χ1) is 21.7. The topological polar surface area (TPSA) is 3.24 Å². The van der Waals surface area contributed by atoms with Crippen molar-refractivity contribution in [2.45, 2.75) is 13.3 Å². The monoisotopic (exact) mass is 565 g/mol. The van der Waals surface area contributed by atoms with Gasteiger partial charge in [-0.25, -0.2) is 0 Å². The highest BCUT2D eigenvalue weighted by atomic mass is 15.1. The van der Waals surface area contributed by atoms with E-state index in [-0.39, 0.29) is 0 Å². The van der Waals surface area contributed by atoms with Crippen LogP contribution in [0.5, 0.6) is 0 Å². The lowest BCUT2D eigenvalue weighted by atomic mass is 9.91. The first kappa shape index (κ1) is 27.4.